The Morgan fingerprint density at radius 3 is 2.72 bits per heavy atom. The zero-order valence-corrected chi connectivity index (χ0v) is 16.5. The lowest BCUT2D eigenvalue weighted by molar-refractivity contribution is -0.139. The van der Waals surface area contributed by atoms with Gasteiger partial charge in [-0.05, 0) is 59.8 Å². The molecule has 3 rings (SSSR count). The average Bonchev–Trinajstić information content (AvgIpc) is 3.01. The molecule has 0 atom stereocenters. The lowest BCUT2D eigenvalue weighted by atomic mass is 10.2. The predicted molar refractivity (Wildman–Crippen MR) is 108 cm³/mol. The van der Waals surface area contributed by atoms with E-state index in [-0.39, 0.29) is 28.2 Å². The molecule has 150 valence electrons. The van der Waals surface area contributed by atoms with Gasteiger partial charge in [0.15, 0.2) is 23.3 Å². The first-order valence-electron chi connectivity index (χ1n) is 8.13. The van der Waals surface area contributed by atoms with Gasteiger partial charge < -0.3 is 19.9 Å². The lowest BCUT2D eigenvalue weighted by Gasteiger charge is -2.12. The van der Waals surface area contributed by atoms with Crippen LogP contribution in [0.25, 0.3) is 6.08 Å². The Bertz CT molecular complexity index is 1020. The Morgan fingerprint density at radius 1 is 1.34 bits per heavy atom. The maximum absolute atomic E-state index is 13.0. The normalized spacial score (nSPS) is 16.2. The number of ether oxygens (including phenoxy) is 2. The molecule has 1 fully saturated rings. The van der Waals surface area contributed by atoms with Gasteiger partial charge in [0.25, 0.3) is 5.91 Å². The summed E-state index contributed by atoms with van der Waals surface area (Å²) in [5.74, 6) is -1.55. The number of nitrogens with one attached hydrogen (secondary N) is 1. The van der Waals surface area contributed by atoms with Crippen LogP contribution in [-0.4, -0.2) is 35.9 Å². The third kappa shape index (κ3) is 5.27. The van der Waals surface area contributed by atoms with Crippen LogP contribution in [0.15, 0.2) is 46.3 Å². The van der Waals surface area contributed by atoms with Crippen molar-refractivity contribution in [2.45, 2.75) is 0 Å². The third-order valence-corrected chi connectivity index (χ3v) is 4.79. The summed E-state index contributed by atoms with van der Waals surface area (Å²) in [6, 6.07) is 8.64. The average molecular weight is 437 g/mol. The number of hydrogen-bond donors (Lipinski definition) is 2. The van der Waals surface area contributed by atoms with Crippen LogP contribution in [0.2, 0.25) is 5.02 Å². The largest absolute Gasteiger partial charge is 0.493 e. The zero-order valence-electron chi connectivity index (χ0n) is 14.9. The highest BCUT2D eigenvalue weighted by molar-refractivity contribution is 8.18. The number of methoxy groups -OCH3 is 1. The van der Waals surface area contributed by atoms with Crippen LogP contribution in [-0.2, 0) is 9.59 Å². The smallest absolute Gasteiger partial charge is 0.341 e. The van der Waals surface area contributed by atoms with Gasteiger partial charge in [-0.2, -0.15) is 0 Å². The zero-order chi connectivity index (χ0) is 21.0. The Hall–Kier alpha value is -3.04. The number of nitrogens with zero attached hydrogens (tertiary/aromatic N) is 1. The standard InChI is InChI=1S/C19H14ClFN2O5S/c1-27-14-7-10(6-13(20)17(14)28-9-16(24)25)8-15-18(26)23-19(29-15)22-12-4-2-11(21)3-5-12/h2-8H,9H2,1H3,(H,24,25)(H,22,23,26)/b15-8+. The summed E-state index contributed by atoms with van der Waals surface area (Å²) in [4.78, 5) is 27.5. The molecule has 0 spiro atoms. The quantitative estimate of drug-likeness (QED) is 0.668. The molecule has 1 aliphatic heterocycles. The van der Waals surface area contributed by atoms with Gasteiger partial charge in [0.2, 0.25) is 0 Å². The molecular formula is C19H14ClFN2O5S. The van der Waals surface area contributed by atoms with E-state index in [1.165, 1.54) is 37.4 Å². The summed E-state index contributed by atoms with van der Waals surface area (Å²) in [7, 11) is 1.39. The molecular weight excluding hydrogens is 423 g/mol. The van der Waals surface area contributed by atoms with E-state index in [0.29, 0.717) is 21.3 Å². The Kier molecular flexibility index (Phi) is 6.40. The number of benzene rings is 2. The van der Waals surface area contributed by atoms with E-state index in [1.807, 2.05) is 0 Å². The van der Waals surface area contributed by atoms with Crippen molar-refractivity contribution in [2.75, 3.05) is 13.7 Å². The predicted octanol–water partition coefficient (Wildman–Crippen LogP) is 3.84. The number of hydrogen-bond acceptors (Lipinski definition) is 6. The number of halogens is 2. The fourth-order valence-electron chi connectivity index (χ4n) is 2.36. The fourth-order valence-corrected chi connectivity index (χ4v) is 3.48. The monoisotopic (exact) mass is 436 g/mol. The van der Waals surface area contributed by atoms with Crippen LogP contribution < -0.4 is 14.8 Å². The maximum atomic E-state index is 13.0. The van der Waals surface area contributed by atoms with Gasteiger partial charge in [-0.1, -0.05) is 11.6 Å². The summed E-state index contributed by atoms with van der Waals surface area (Å²) in [5, 5.41) is 11.9. The van der Waals surface area contributed by atoms with E-state index in [0.717, 1.165) is 11.8 Å². The van der Waals surface area contributed by atoms with Gasteiger partial charge in [0.05, 0.1) is 22.7 Å². The molecule has 2 aromatic carbocycles. The number of amidine groups is 1. The first kappa shape index (κ1) is 20.7. The first-order chi connectivity index (χ1) is 13.9. The Balaban J connectivity index is 1.84. The minimum Gasteiger partial charge on any atom is -0.493 e. The van der Waals surface area contributed by atoms with Crippen molar-refractivity contribution < 1.29 is 28.6 Å². The molecule has 0 unspecified atom stereocenters. The van der Waals surface area contributed by atoms with Gasteiger partial charge in [0.1, 0.15) is 5.82 Å². The van der Waals surface area contributed by atoms with Crippen LogP contribution in [0.4, 0.5) is 10.1 Å². The van der Waals surface area contributed by atoms with Gasteiger partial charge >= 0.3 is 5.97 Å². The van der Waals surface area contributed by atoms with Crippen molar-refractivity contribution in [1.82, 2.24) is 5.32 Å². The summed E-state index contributed by atoms with van der Waals surface area (Å²) in [5.41, 5.74) is 1.05. The molecule has 29 heavy (non-hydrogen) atoms. The Morgan fingerprint density at radius 2 is 2.07 bits per heavy atom. The number of carboxylic acids is 1. The number of rotatable bonds is 6. The number of carbonyl (C=O) groups excluding carboxylic acids is 1. The SMILES string of the molecule is COc1cc(/C=C2/SC(=Nc3ccc(F)cc3)NC2=O)cc(Cl)c1OCC(=O)O. The summed E-state index contributed by atoms with van der Waals surface area (Å²) in [6.45, 7) is -0.571. The molecule has 1 saturated heterocycles. The van der Waals surface area contributed by atoms with Crippen LogP contribution in [0.5, 0.6) is 11.5 Å². The number of carboxylic acid groups (broad SMARTS) is 1. The van der Waals surface area contributed by atoms with Crippen LogP contribution in [0.1, 0.15) is 5.56 Å². The lowest BCUT2D eigenvalue weighted by Crippen LogP contribution is -2.19. The Labute approximate surface area is 174 Å². The van der Waals surface area contributed by atoms with Crippen LogP contribution >= 0.6 is 23.4 Å². The molecule has 10 heteroatoms. The highest BCUT2D eigenvalue weighted by Crippen LogP contribution is 2.38. The molecule has 0 aliphatic carbocycles. The molecule has 0 aromatic heterocycles. The molecule has 0 radical (unpaired) electrons. The second-order valence-corrected chi connectivity index (χ2v) is 7.11. The fraction of sp³-hybridized carbons (Fsp3) is 0.105. The van der Waals surface area contributed by atoms with E-state index in [2.05, 4.69) is 10.3 Å². The summed E-state index contributed by atoms with van der Waals surface area (Å²) in [6.07, 6.45) is 1.59. The molecule has 1 amide bonds. The highest BCUT2D eigenvalue weighted by Gasteiger charge is 2.24. The van der Waals surface area contributed by atoms with Crippen molar-refractivity contribution in [3.63, 3.8) is 0 Å². The van der Waals surface area contributed by atoms with E-state index >= 15 is 0 Å². The minimum atomic E-state index is -1.15. The van der Waals surface area contributed by atoms with Gasteiger partial charge in [-0.3, -0.25) is 4.79 Å². The summed E-state index contributed by atoms with van der Waals surface area (Å²) >= 11 is 7.29. The van der Waals surface area contributed by atoms with Crippen molar-refractivity contribution in [3.05, 3.63) is 57.7 Å². The molecule has 7 nitrogen and oxygen atoms in total. The number of amides is 1. The van der Waals surface area contributed by atoms with E-state index < -0.39 is 12.6 Å². The van der Waals surface area contributed by atoms with E-state index in [9.17, 15) is 14.0 Å². The van der Waals surface area contributed by atoms with Gasteiger partial charge in [0, 0.05) is 0 Å². The van der Waals surface area contributed by atoms with Crippen LogP contribution in [0, 0.1) is 5.82 Å². The van der Waals surface area contributed by atoms with Gasteiger partial charge in [-0.25, -0.2) is 14.2 Å². The summed E-state index contributed by atoms with van der Waals surface area (Å²) < 4.78 is 23.3. The second kappa shape index (κ2) is 8.97. The van der Waals surface area contributed by atoms with Crippen molar-refractivity contribution in [1.29, 1.82) is 0 Å². The van der Waals surface area contributed by atoms with Crippen LogP contribution in [0.3, 0.4) is 0 Å². The second-order valence-electron chi connectivity index (χ2n) is 5.67. The van der Waals surface area contributed by atoms with E-state index in [4.69, 9.17) is 26.2 Å². The molecule has 2 aromatic rings. The van der Waals surface area contributed by atoms with Crippen molar-refractivity contribution >= 4 is 52.2 Å². The minimum absolute atomic E-state index is 0.0980. The topological polar surface area (TPSA) is 97.2 Å². The molecule has 0 bridgehead atoms. The highest BCUT2D eigenvalue weighted by atomic mass is 35.5. The van der Waals surface area contributed by atoms with Crippen molar-refractivity contribution in [2.24, 2.45) is 4.99 Å². The number of aliphatic carboxylic acids is 1. The third-order valence-electron chi connectivity index (χ3n) is 3.60. The molecule has 1 aliphatic rings. The van der Waals surface area contributed by atoms with E-state index in [1.54, 1.807) is 12.1 Å². The number of aliphatic imine (C=N–C) groups is 1. The number of thioether (sulfide) groups is 1. The maximum Gasteiger partial charge on any atom is 0.341 e. The molecule has 0 saturated carbocycles. The molecule has 1 heterocycles. The molecule has 2 N–H and O–H groups in total. The van der Waals surface area contributed by atoms with Crippen molar-refractivity contribution in [3.8, 4) is 11.5 Å². The number of carbonyl (C=O) groups is 2. The first-order valence-corrected chi connectivity index (χ1v) is 9.32. The van der Waals surface area contributed by atoms with Gasteiger partial charge in [-0.15, -0.1) is 0 Å².